The van der Waals surface area contributed by atoms with Crippen molar-refractivity contribution in [1.29, 1.82) is 0 Å². The van der Waals surface area contributed by atoms with Gasteiger partial charge in [-0.2, -0.15) is 4.98 Å². The molecule has 1 aromatic carbocycles. The molecule has 0 aliphatic heterocycles. The summed E-state index contributed by atoms with van der Waals surface area (Å²) in [7, 11) is 1.97. The molecular formula is C21H18FN5O. The van der Waals surface area contributed by atoms with Gasteiger partial charge in [-0.05, 0) is 41.5 Å². The summed E-state index contributed by atoms with van der Waals surface area (Å²) in [6.07, 6.45) is 5.78. The van der Waals surface area contributed by atoms with Crippen molar-refractivity contribution in [3.05, 3.63) is 89.9 Å². The predicted molar refractivity (Wildman–Crippen MR) is 103 cm³/mol. The van der Waals surface area contributed by atoms with Gasteiger partial charge < -0.3 is 9.42 Å². The molecule has 28 heavy (non-hydrogen) atoms. The Morgan fingerprint density at radius 1 is 1.00 bits per heavy atom. The van der Waals surface area contributed by atoms with Gasteiger partial charge in [-0.25, -0.2) is 9.37 Å². The SMILES string of the molecule is CN(Cc1cccnc1)c1ccc(-c2nc(Cc3ccc(F)cc3)no2)cn1. The molecule has 0 N–H and O–H groups in total. The lowest BCUT2D eigenvalue weighted by Gasteiger charge is -2.17. The third kappa shape index (κ3) is 4.20. The van der Waals surface area contributed by atoms with Crippen molar-refractivity contribution in [2.75, 3.05) is 11.9 Å². The van der Waals surface area contributed by atoms with Crippen LogP contribution in [0.1, 0.15) is 17.0 Å². The Balaban J connectivity index is 1.44. The summed E-state index contributed by atoms with van der Waals surface area (Å²) in [4.78, 5) is 15.1. The zero-order valence-electron chi connectivity index (χ0n) is 15.3. The van der Waals surface area contributed by atoms with Gasteiger partial charge in [-0.3, -0.25) is 4.98 Å². The molecule has 0 aliphatic carbocycles. The van der Waals surface area contributed by atoms with Crippen LogP contribution in [0.3, 0.4) is 0 Å². The molecular weight excluding hydrogens is 357 g/mol. The van der Waals surface area contributed by atoms with Gasteiger partial charge in [0.15, 0.2) is 5.82 Å². The quantitative estimate of drug-likeness (QED) is 0.509. The van der Waals surface area contributed by atoms with E-state index >= 15 is 0 Å². The van der Waals surface area contributed by atoms with E-state index in [0.717, 1.165) is 22.5 Å². The lowest BCUT2D eigenvalue weighted by atomic mass is 10.1. The van der Waals surface area contributed by atoms with Gasteiger partial charge in [0.05, 0.1) is 5.56 Å². The third-order valence-corrected chi connectivity index (χ3v) is 4.27. The molecule has 4 aromatic rings. The van der Waals surface area contributed by atoms with Gasteiger partial charge in [0.1, 0.15) is 11.6 Å². The van der Waals surface area contributed by atoms with Gasteiger partial charge in [0.2, 0.25) is 0 Å². The fourth-order valence-electron chi connectivity index (χ4n) is 2.81. The molecule has 0 radical (unpaired) electrons. The molecule has 0 saturated heterocycles. The van der Waals surface area contributed by atoms with Gasteiger partial charge in [0.25, 0.3) is 5.89 Å². The number of aromatic nitrogens is 4. The maximum absolute atomic E-state index is 13.0. The number of hydrogen-bond donors (Lipinski definition) is 0. The first-order valence-corrected chi connectivity index (χ1v) is 8.81. The van der Waals surface area contributed by atoms with Crippen molar-refractivity contribution < 1.29 is 8.91 Å². The van der Waals surface area contributed by atoms with E-state index in [4.69, 9.17) is 4.52 Å². The van der Waals surface area contributed by atoms with Crippen molar-refractivity contribution in [2.24, 2.45) is 0 Å². The topological polar surface area (TPSA) is 67.9 Å². The first kappa shape index (κ1) is 17.8. The maximum Gasteiger partial charge on any atom is 0.259 e. The van der Waals surface area contributed by atoms with Crippen LogP contribution in [-0.4, -0.2) is 27.2 Å². The van der Waals surface area contributed by atoms with Crippen LogP contribution >= 0.6 is 0 Å². The minimum Gasteiger partial charge on any atom is -0.355 e. The van der Waals surface area contributed by atoms with Gasteiger partial charge in [-0.1, -0.05) is 23.4 Å². The molecule has 3 heterocycles. The molecule has 3 aromatic heterocycles. The van der Waals surface area contributed by atoms with Crippen LogP contribution in [-0.2, 0) is 13.0 Å². The van der Waals surface area contributed by atoms with Crippen molar-refractivity contribution >= 4 is 5.82 Å². The molecule has 0 fully saturated rings. The largest absolute Gasteiger partial charge is 0.355 e. The normalized spacial score (nSPS) is 10.8. The molecule has 0 aliphatic rings. The van der Waals surface area contributed by atoms with Gasteiger partial charge in [0, 0.05) is 38.6 Å². The Morgan fingerprint density at radius 3 is 2.57 bits per heavy atom. The monoisotopic (exact) mass is 375 g/mol. The Kier molecular flexibility index (Phi) is 5.05. The summed E-state index contributed by atoms with van der Waals surface area (Å²) in [5.41, 5.74) is 2.77. The average Bonchev–Trinajstić information content (AvgIpc) is 3.19. The van der Waals surface area contributed by atoms with Crippen LogP contribution in [0.15, 0.2) is 71.6 Å². The smallest absolute Gasteiger partial charge is 0.259 e. The van der Waals surface area contributed by atoms with Crippen LogP contribution < -0.4 is 4.90 Å². The number of nitrogens with zero attached hydrogens (tertiary/aromatic N) is 5. The number of benzene rings is 1. The van der Waals surface area contributed by atoms with E-state index in [-0.39, 0.29) is 5.82 Å². The zero-order chi connectivity index (χ0) is 19.3. The van der Waals surface area contributed by atoms with Crippen molar-refractivity contribution in [3.63, 3.8) is 0 Å². The third-order valence-electron chi connectivity index (χ3n) is 4.27. The van der Waals surface area contributed by atoms with Crippen LogP contribution in [0.25, 0.3) is 11.5 Å². The fraction of sp³-hybridized carbons (Fsp3) is 0.143. The lowest BCUT2D eigenvalue weighted by Crippen LogP contribution is -2.17. The number of pyridine rings is 2. The van der Waals surface area contributed by atoms with Crippen LogP contribution in [0.4, 0.5) is 10.2 Å². The van der Waals surface area contributed by atoms with Gasteiger partial charge in [-0.15, -0.1) is 0 Å². The molecule has 0 unspecified atom stereocenters. The second kappa shape index (κ2) is 7.96. The highest BCUT2D eigenvalue weighted by Gasteiger charge is 2.11. The first-order valence-electron chi connectivity index (χ1n) is 8.81. The summed E-state index contributed by atoms with van der Waals surface area (Å²) in [5, 5.41) is 4.00. The number of anilines is 1. The molecule has 6 nitrogen and oxygen atoms in total. The van der Waals surface area contributed by atoms with E-state index in [0.29, 0.717) is 24.7 Å². The van der Waals surface area contributed by atoms with Crippen LogP contribution in [0.5, 0.6) is 0 Å². The molecule has 140 valence electrons. The van der Waals surface area contributed by atoms with Crippen molar-refractivity contribution in [2.45, 2.75) is 13.0 Å². The van der Waals surface area contributed by atoms with Gasteiger partial charge >= 0.3 is 0 Å². The second-order valence-electron chi connectivity index (χ2n) is 6.44. The Morgan fingerprint density at radius 2 is 1.86 bits per heavy atom. The zero-order valence-corrected chi connectivity index (χ0v) is 15.3. The molecule has 4 rings (SSSR count). The standard InChI is InChI=1S/C21H18FN5O/c1-27(14-16-3-2-10-23-12-16)20-9-6-17(13-24-20)21-25-19(26-28-21)11-15-4-7-18(22)8-5-15/h2-10,12-13H,11,14H2,1H3. The molecule has 0 saturated carbocycles. The van der Waals surface area contributed by atoms with E-state index in [9.17, 15) is 4.39 Å². The average molecular weight is 375 g/mol. The second-order valence-corrected chi connectivity index (χ2v) is 6.44. The molecule has 0 amide bonds. The number of hydrogen-bond acceptors (Lipinski definition) is 6. The predicted octanol–water partition coefficient (Wildman–Crippen LogP) is 3.89. The highest BCUT2D eigenvalue weighted by Crippen LogP contribution is 2.20. The fourth-order valence-corrected chi connectivity index (χ4v) is 2.81. The highest BCUT2D eigenvalue weighted by atomic mass is 19.1. The van der Waals surface area contributed by atoms with E-state index in [1.54, 1.807) is 24.5 Å². The summed E-state index contributed by atoms with van der Waals surface area (Å²) in [6, 6.07) is 14.0. The Bertz CT molecular complexity index is 1030. The first-order chi connectivity index (χ1) is 13.7. The van der Waals surface area contributed by atoms with E-state index in [2.05, 4.69) is 20.1 Å². The molecule has 0 spiro atoms. The Labute approximate surface area is 161 Å². The van der Waals surface area contributed by atoms with E-state index in [1.165, 1.54) is 12.1 Å². The van der Waals surface area contributed by atoms with Crippen LogP contribution in [0, 0.1) is 5.82 Å². The number of halogens is 1. The summed E-state index contributed by atoms with van der Waals surface area (Å²) < 4.78 is 18.3. The summed E-state index contributed by atoms with van der Waals surface area (Å²) in [5.74, 6) is 1.52. The minimum atomic E-state index is -0.266. The highest BCUT2D eigenvalue weighted by molar-refractivity contribution is 5.54. The lowest BCUT2D eigenvalue weighted by molar-refractivity contribution is 0.424. The van der Waals surface area contributed by atoms with E-state index in [1.807, 2.05) is 42.4 Å². The molecule has 0 bridgehead atoms. The maximum atomic E-state index is 13.0. The summed E-state index contributed by atoms with van der Waals surface area (Å²) >= 11 is 0. The minimum absolute atomic E-state index is 0.266. The molecule has 0 atom stereocenters. The van der Waals surface area contributed by atoms with Crippen LogP contribution in [0.2, 0.25) is 0 Å². The number of rotatable bonds is 6. The Hall–Kier alpha value is -3.61. The summed E-state index contributed by atoms with van der Waals surface area (Å²) in [6.45, 7) is 0.711. The van der Waals surface area contributed by atoms with E-state index < -0.39 is 0 Å². The van der Waals surface area contributed by atoms with Crippen molar-refractivity contribution in [1.82, 2.24) is 20.1 Å². The van der Waals surface area contributed by atoms with Crippen molar-refractivity contribution in [3.8, 4) is 11.5 Å². The molecule has 7 heteroatoms.